The normalized spacial score (nSPS) is 20.4. The Kier molecular flexibility index (Phi) is 4.54. The second-order valence-electron chi connectivity index (χ2n) is 6.24. The molecule has 2 aliphatic rings. The number of hydrogen-bond acceptors (Lipinski definition) is 2. The molecule has 1 heterocycles. The Morgan fingerprint density at radius 3 is 2.67 bits per heavy atom. The molecule has 0 spiro atoms. The van der Waals surface area contributed by atoms with Gasteiger partial charge < -0.3 is 10.2 Å². The number of carbonyl (C=O) groups excluding carboxylic acids is 1. The van der Waals surface area contributed by atoms with Crippen LogP contribution >= 0.6 is 0 Å². The molecule has 21 heavy (non-hydrogen) atoms. The molecule has 1 aliphatic heterocycles. The molecule has 0 unspecified atom stereocenters. The van der Waals surface area contributed by atoms with E-state index in [-0.39, 0.29) is 11.7 Å². The molecule has 114 valence electrons. The maximum absolute atomic E-state index is 13.1. The summed E-state index contributed by atoms with van der Waals surface area (Å²) >= 11 is 0. The van der Waals surface area contributed by atoms with Crippen molar-refractivity contribution in [2.45, 2.75) is 50.6 Å². The van der Waals surface area contributed by atoms with Gasteiger partial charge >= 0.3 is 0 Å². The smallest absolute Gasteiger partial charge is 0.220 e. The molecule has 3 rings (SSSR count). The number of hydrogen-bond donors (Lipinski definition) is 1. The molecule has 1 amide bonds. The highest BCUT2D eigenvalue weighted by molar-refractivity contribution is 5.76. The second-order valence-corrected chi connectivity index (χ2v) is 6.24. The summed E-state index contributed by atoms with van der Waals surface area (Å²) in [4.78, 5) is 14.5. The highest BCUT2D eigenvalue weighted by atomic mass is 19.1. The lowest BCUT2D eigenvalue weighted by Crippen LogP contribution is -2.45. The number of likely N-dealkylation sites (tertiary alicyclic amines) is 1. The third-order valence-corrected chi connectivity index (χ3v) is 4.49. The summed E-state index contributed by atoms with van der Waals surface area (Å²) in [7, 11) is 0. The van der Waals surface area contributed by atoms with E-state index in [1.165, 1.54) is 25.0 Å². The third kappa shape index (κ3) is 4.27. The maximum atomic E-state index is 13.1. The molecule has 1 aliphatic carbocycles. The predicted molar refractivity (Wildman–Crippen MR) is 80.5 cm³/mol. The van der Waals surface area contributed by atoms with Gasteiger partial charge in [-0.2, -0.15) is 0 Å². The highest BCUT2D eigenvalue weighted by Crippen LogP contribution is 2.29. The van der Waals surface area contributed by atoms with E-state index in [1.54, 1.807) is 6.07 Å². The molecular formula is C17H23FN2O. The van der Waals surface area contributed by atoms with Gasteiger partial charge in [0.15, 0.2) is 0 Å². The lowest BCUT2D eigenvalue weighted by atomic mass is 10.0. The van der Waals surface area contributed by atoms with Crippen molar-refractivity contribution in [1.29, 1.82) is 0 Å². The van der Waals surface area contributed by atoms with Gasteiger partial charge in [-0.15, -0.1) is 0 Å². The fourth-order valence-electron chi connectivity index (χ4n) is 3.10. The third-order valence-electron chi connectivity index (χ3n) is 4.49. The van der Waals surface area contributed by atoms with Crippen LogP contribution in [0.1, 0.15) is 37.7 Å². The van der Waals surface area contributed by atoms with Crippen LogP contribution in [-0.4, -0.2) is 36.0 Å². The Bertz CT molecular complexity index is 493. The average Bonchev–Trinajstić information content (AvgIpc) is 3.31. The van der Waals surface area contributed by atoms with Crippen LogP contribution in [0.15, 0.2) is 24.3 Å². The van der Waals surface area contributed by atoms with Gasteiger partial charge in [0.05, 0.1) is 0 Å². The number of rotatable bonds is 5. The number of piperidine rings is 1. The largest absolute Gasteiger partial charge is 0.353 e. The number of nitrogens with zero attached hydrogens (tertiary/aromatic N) is 1. The molecule has 0 atom stereocenters. The van der Waals surface area contributed by atoms with Crippen molar-refractivity contribution in [3.05, 3.63) is 35.6 Å². The molecule has 1 N–H and O–H groups in total. The molecule has 4 heteroatoms. The van der Waals surface area contributed by atoms with Crippen LogP contribution in [-0.2, 0) is 11.2 Å². The van der Waals surface area contributed by atoms with Gasteiger partial charge in [-0.1, -0.05) is 12.1 Å². The van der Waals surface area contributed by atoms with E-state index in [1.807, 2.05) is 6.07 Å². The number of nitrogens with one attached hydrogen (secondary N) is 1. The van der Waals surface area contributed by atoms with Gasteiger partial charge in [-0.3, -0.25) is 4.79 Å². The van der Waals surface area contributed by atoms with Crippen LogP contribution < -0.4 is 5.32 Å². The molecule has 3 nitrogen and oxygen atoms in total. The monoisotopic (exact) mass is 290 g/mol. The van der Waals surface area contributed by atoms with Crippen molar-refractivity contribution in [1.82, 2.24) is 10.2 Å². The Labute approximate surface area is 125 Å². The van der Waals surface area contributed by atoms with E-state index in [9.17, 15) is 9.18 Å². The van der Waals surface area contributed by atoms with E-state index in [4.69, 9.17) is 0 Å². The number of benzene rings is 1. The van der Waals surface area contributed by atoms with Crippen LogP contribution in [0.5, 0.6) is 0 Å². The molecular weight excluding hydrogens is 267 g/mol. The van der Waals surface area contributed by atoms with E-state index < -0.39 is 0 Å². The SMILES string of the molecule is O=C(CCc1cccc(F)c1)NC1CCN(C2CC2)CC1. The van der Waals surface area contributed by atoms with Crippen molar-refractivity contribution >= 4 is 5.91 Å². The molecule has 2 fully saturated rings. The standard InChI is InChI=1S/C17H23FN2O/c18-14-3-1-2-13(12-14)4-7-17(21)19-15-8-10-20(11-9-15)16-5-6-16/h1-3,12,15-16H,4-11H2,(H,19,21). The zero-order chi connectivity index (χ0) is 14.7. The minimum atomic E-state index is -0.236. The Hall–Kier alpha value is -1.42. The van der Waals surface area contributed by atoms with Crippen LogP contribution in [0, 0.1) is 5.82 Å². The molecule has 0 radical (unpaired) electrons. The first-order valence-corrected chi connectivity index (χ1v) is 7.98. The minimum absolute atomic E-state index is 0.0872. The first kappa shape index (κ1) is 14.5. The summed E-state index contributed by atoms with van der Waals surface area (Å²) in [5.41, 5.74) is 0.883. The zero-order valence-corrected chi connectivity index (χ0v) is 12.4. The minimum Gasteiger partial charge on any atom is -0.353 e. The summed E-state index contributed by atoms with van der Waals surface area (Å²) in [6.07, 6.45) is 5.86. The van der Waals surface area contributed by atoms with Crippen LogP contribution in [0.4, 0.5) is 4.39 Å². The lowest BCUT2D eigenvalue weighted by Gasteiger charge is -2.32. The van der Waals surface area contributed by atoms with Crippen molar-refractivity contribution in [3.63, 3.8) is 0 Å². The van der Waals surface area contributed by atoms with Crippen LogP contribution in [0.2, 0.25) is 0 Å². The van der Waals surface area contributed by atoms with Crippen molar-refractivity contribution < 1.29 is 9.18 Å². The van der Waals surface area contributed by atoms with Gasteiger partial charge in [0.1, 0.15) is 5.82 Å². The molecule has 0 aromatic heterocycles. The van der Waals surface area contributed by atoms with Crippen molar-refractivity contribution in [3.8, 4) is 0 Å². The van der Waals surface area contributed by atoms with Gasteiger partial charge in [0, 0.05) is 31.6 Å². The first-order chi connectivity index (χ1) is 10.2. The zero-order valence-electron chi connectivity index (χ0n) is 12.4. The highest BCUT2D eigenvalue weighted by Gasteiger charge is 2.31. The van der Waals surface area contributed by atoms with E-state index in [0.29, 0.717) is 18.9 Å². The Morgan fingerprint density at radius 2 is 2.00 bits per heavy atom. The summed E-state index contributed by atoms with van der Waals surface area (Å²) in [6, 6.07) is 7.63. The fourth-order valence-corrected chi connectivity index (χ4v) is 3.10. The van der Waals surface area contributed by atoms with Crippen molar-refractivity contribution in [2.75, 3.05) is 13.1 Å². The van der Waals surface area contributed by atoms with Gasteiger partial charge in [-0.05, 0) is 49.8 Å². The van der Waals surface area contributed by atoms with Gasteiger partial charge in [-0.25, -0.2) is 4.39 Å². The molecule has 1 saturated carbocycles. The average molecular weight is 290 g/mol. The van der Waals surface area contributed by atoms with Gasteiger partial charge in [0.25, 0.3) is 0 Å². The lowest BCUT2D eigenvalue weighted by molar-refractivity contribution is -0.122. The fraction of sp³-hybridized carbons (Fsp3) is 0.588. The Morgan fingerprint density at radius 1 is 1.24 bits per heavy atom. The van der Waals surface area contributed by atoms with E-state index in [2.05, 4.69) is 10.2 Å². The molecule has 1 aromatic carbocycles. The Balaban J connectivity index is 1.38. The van der Waals surface area contributed by atoms with Crippen LogP contribution in [0.25, 0.3) is 0 Å². The number of aryl methyl sites for hydroxylation is 1. The quantitative estimate of drug-likeness (QED) is 0.903. The second kappa shape index (κ2) is 6.56. The summed E-state index contributed by atoms with van der Waals surface area (Å²) in [5, 5.41) is 3.12. The van der Waals surface area contributed by atoms with Gasteiger partial charge in [0.2, 0.25) is 5.91 Å². The maximum Gasteiger partial charge on any atom is 0.220 e. The number of halogens is 1. The molecule has 1 aromatic rings. The topological polar surface area (TPSA) is 32.3 Å². The van der Waals surface area contributed by atoms with Crippen LogP contribution in [0.3, 0.4) is 0 Å². The number of carbonyl (C=O) groups is 1. The summed E-state index contributed by atoms with van der Waals surface area (Å²) < 4.78 is 13.1. The summed E-state index contributed by atoms with van der Waals surface area (Å²) in [5.74, 6) is -0.149. The van der Waals surface area contributed by atoms with Crippen molar-refractivity contribution in [2.24, 2.45) is 0 Å². The summed E-state index contributed by atoms with van der Waals surface area (Å²) in [6.45, 7) is 2.22. The first-order valence-electron chi connectivity index (χ1n) is 7.98. The van der Waals surface area contributed by atoms with E-state index >= 15 is 0 Å². The predicted octanol–water partition coefficient (Wildman–Crippen LogP) is 2.50. The number of amides is 1. The molecule has 0 bridgehead atoms. The van der Waals surface area contributed by atoms with E-state index in [0.717, 1.165) is 37.5 Å². The molecule has 1 saturated heterocycles.